The van der Waals surface area contributed by atoms with Gasteiger partial charge in [-0.25, -0.2) is 9.78 Å². The van der Waals surface area contributed by atoms with Crippen LogP contribution in [0.4, 0.5) is 29.5 Å². The minimum atomic E-state index is -4.23. The maximum Gasteiger partial charge on any atom is 0.389 e. The molecule has 4 rings (SSSR count). The number of morpholine rings is 1. The van der Waals surface area contributed by atoms with Crippen molar-refractivity contribution in [3.63, 3.8) is 0 Å². The molecule has 36 heavy (non-hydrogen) atoms. The summed E-state index contributed by atoms with van der Waals surface area (Å²) in [5.41, 5.74) is 3.52. The van der Waals surface area contributed by atoms with Gasteiger partial charge in [-0.15, -0.1) is 0 Å². The Labute approximate surface area is 208 Å². The van der Waals surface area contributed by atoms with Gasteiger partial charge in [-0.3, -0.25) is 4.79 Å². The fourth-order valence-corrected chi connectivity index (χ4v) is 4.67. The molecule has 2 aromatic rings. The number of halogens is 3. The zero-order valence-corrected chi connectivity index (χ0v) is 20.5. The second-order valence-electron chi connectivity index (χ2n) is 9.36. The van der Waals surface area contributed by atoms with Crippen LogP contribution in [0.5, 0.6) is 0 Å². The number of aryl methyl sites for hydroxylation is 1. The van der Waals surface area contributed by atoms with E-state index in [4.69, 9.17) is 4.74 Å². The number of likely N-dealkylation sites (tertiary alicyclic amines) is 1. The van der Waals surface area contributed by atoms with E-state index in [-0.39, 0.29) is 12.3 Å². The van der Waals surface area contributed by atoms with E-state index in [1.54, 1.807) is 19.1 Å². The Morgan fingerprint density at radius 1 is 1.14 bits per heavy atom. The van der Waals surface area contributed by atoms with E-state index in [0.29, 0.717) is 62.9 Å². The number of carbonyl (C=O) groups excluding carboxylic acids is 2. The maximum absolute atomic E-state index is 12.8. The molecule has 0 saturated carbocycles. The van der Waals surface area contributed by atoms with Gasteiger partial charge in [0.2, 0.25) is 0 Å². The summed E-state index contributed by atoms with van der Waals surface area (Å²) < 4.78 is 43.6. The molecule has 1 aromatic carbocycles. The summed E-state index contributed by atoms with van der Waals surface area (Å²) >= 11 is 0. The van der Waals surface area contributed by atoms with Crippen molar-refractivity contribution in [1.29, 1.82) is 0 Å². The molecule has 2 amide bonds. The first kappa shape index (κ1) is 25.9. The highest BCUT2D eigenvalue weighted by molar-refractivity contribution is 5.96. The highest BCUT2D eigenvalue weighted by Gasteiger charge is 2.36. The quantitative estimate of drug-likeness (QED) is 0.541. The Morgan fingerprint density at radius 2 is 1.89 bits per heavy atom. The zero-order valence-electron chi connectivity index (χ0n) is 20.5. The van der Waals surface area contributed by atoms with Gasteiger partial charge in [0.05, 0.1) is 13.2 Å². The summed E-state index contributed by atoms with van der Waals surface area (Å²) in [6, 6.07) is 8.76. The van der Waals surface area contributed by atoms with E-state index < -0.39 is 24.5 Å². The van der Waals surface area contributed by atoms with Crippen LogP contribution in [-0.4, -0.2) is 67.3 Å². The molecule has 0 aliphatic carbocycles. The molecule has 2 aliphatic rings. The van der Waals surface area contributed by atoms with Crippen molar-refractivity contribution in [3.8, 4) is 11.1 Å². The van der Waals surface area contributed by atoms with Gasteiger partial charge in [-0.1, -0.05) is 13.0 Å². The van der Waals surface area contributed by atoms with E-state index in [2.05, 4.69) is 15.2 Å². The van der Waals surface area contributed by atoms with Gasteiger partial charge in [-0.2, -0.15) is 13.2 Å². The number of carbonyl (C=O) groups is 2. The highest BCUT2D eigenvalue weighted by atomic mass is 19.4. The first-order chi connectivity index (χ1) is 17.1. The largest absolute Gasteiger partial charge is 0.389 e. The topological polar surface area (TPSA) is 74.8 Å². The van der Waals surface area contributed by atoms with Crippen molar-refractivity contribution in [3.05, 3.63) is 41.6 Å². The maximum atomic E-state index is 12.8. The summed E-state index contributed by atoms with van der Waals surface area (Å²) in [6.07, 6.45) is -4.44. The van der Waals surface area contributed by atoms with Crippen molar-refractivity contribution in [2.75, 3.05) is 49.6 Å². The summed E-state index contributed by atoms with van der Waals surface area (Å²) in [7, 11) is 0. The Kier molecular flexibility index (Phi) is 7.82. The minimum Gasteiger partial charge on any atom is -0.378 e. The highest BCUT2D eigenvalue weighted by Crippen LogP contribution is 2.32. The van der Waals surface area contributed by atoms with E-state index in [0.717, 1.165) is 16.7 Å². The number of ether oxygens (including phenoxy) is 1. The van der Waals surface area contributed by atoms with Crippen molar-refractivity contribution < 1.29 is 27.5 Å². The number of nitrogens with zero attached hydrogens (tertiary/aromatic N) is 3. The molecule has 2 saturated heterocycles. The summed E-state index contributed by atoms with van der Waals surface area (Å²) in [5, 5.41) is 2.83. The van der Waals surface area contributed by atoms with E-state index >= 15 is 0 Å². The van der Waals surface area contributed by atoms with Crippen LogP contribution >= 0.6 is 0 Å². The fourth-order valence-electron chi connectivity index (χ4n) is 4.67. The fraction of sp³-hybridized carbons (Fsp3) is 0.500. The number of alkyl halides is 3. The minimum absolute atomic E-state index is 0.0593. The molecule has 194 valence electrons. The summed E-state index contributed by atoms with van der Waals surface area (Å²) in [4.78, 5) is 33.4. The second-order valence-corrected chi connectivity index (χ2v) is 9.36. The third-order valence-electron chi connectivity index (χ3n) is 6.65. The van der Waals surface area contributed by atoms with Gasteiger partial charge < -0.3 is 19.9 Å². The van der Waals surface area contributed by atoms with Crippen LogP contribution < -0.4 is 10.2 Å². The predicted molar refractivity (Wildman–Crippen MR) is 131 cm³/mol. The number of nitrogens with one attached hydrogen (secondary N) is 1. The molecule has 0 radical (unpaired) electrons. The molecular weight excluding hydrogens is 473 g/mol. The lowest BCUT2D eigenvalue weighted by molar-refractivity contribution is -0.143. The molecule has 3 heterocycles. The smallest absolute Gasteiger partial charge is 0.378 e. The third kappa shape index (κ3) is 6.34. The summed E-state index contributed by atoms with van der Waals surface area (Å²) in [5.74, 6) is 0.0689. The van der Waals surface area contributed by atoms with Crippen molar-refractivity contribution in [2.45, 2.75) is 39.3 Å². The average Bonchev–Trinajstić information content (AvgIpc) is 3.32. The molecule has 0 bridgehead atoms. The van der Waals surface area contributed by atoms with Crippen LogP contribution in [0.15, 0.2) is 30.3 Å². The number of ketones is 1. The Morgan fingerprint density at radius 3 is 2.58 bits per heavy atom. The van der Waals surface area contributed by atoms with Gasteiger partial charge in [0.1, 0.15) is 11.5 Å². The normalized spacial score (nSPS) is 18.4. The first-order valence-electron chi connectivity index (χ1n) is 12.2. The lowest BCUT2D eigenvalue weighted by Gasteiger charge is -2.28. The Balaban J connectivity index is 1.56. The molecule has 2 fully saturated rings. The van der Waals surface area contributed by atoms with Crippen LogP contribution in [0.3, 0.4) is 0 Å². The van der Waals surface area contributed by atoms with E-state index in [1.165, 1.54) is 4.90 Å². The molecule has 10 heteroatoms. The second kappa shape index (κ2) is 10.9. The molecule has 2 aliphatic heterocycles. The van der Waals surface area contributed by atoms with Crippen molar-refractivity contribution in [2.24, 2.45) is 5.92 Å². The zero-order chi connectivity index (χ0) is 25.9. The lowest BCUT2D eigenvalue weighted by Crippen LogP contribution is -2.37. The van der Waals surface area contributed by atoms with Crippen molar-refractivity contribution >= 4 is 23.3 Å². The lowest BCUT2D eigenvalue weighted by atomic mass is 9.98. The third-order valence-corrected chi connectivity index (χ3v) is 6.65. The monoisotopic (exact) mass is 504 g/mol. The van der Waals surface area contributed by atoms with Crippen LogP contribution in [0.2, 0.25) is 0 Å². The van der Waals surface area contributed by atoms with E-state index in [1.807, 2.05) is 25.1 Å². The number of amides is 2. The molecule has 7 nitrogen and oxygen atoms in total. The van der Waals surface area contributed by atoms with Gasteiger partial charge in [0, 0.05) is 44.7 Å². The number of hydrogen-bond acceptors (Lipinski definition) is 5. The number of pyridine rings is 1. The van der Waals surface area contributed by atoms with Crippen LogP contribution in [0.1, 0.15) is 42.2 Å². The Bertz CT molecular complexity index is 1120. The van der Waals surface area contributed by atoms with Gasteiger partial charge in [0.25, 0.3) is 0 Å². The average molecular weight is 505 g/mol. The van der Waals surface area contributed by atoms with Gasteiger partial charge >= 0.3 is 12.2 Å². The summed E-state index contributed by atoms with van der Waals surface area (Å²) in [6.45, 7) is 6.64. The number of benzene rings is 1. The predicted octanol–water partition coefficient (Wildman–Crippen LogP) is 5.29. The van der Waals surface area contributed by atoms with Gasteiger partial charge in [-0.05, 0) is 60.2 Å². The number of hydrogen-bond donors (Lipinski definition) is 1. The standard InChI is InChI=1S/C26H31F3N4O3/c1-3-23(34)22-12-19(13-24(31-22)32-8-10-36-11-9-32)21-14-20(5-4-17(21)2)30-25(35)33-7-6-18(16-33)15-26(27,28)29/h4-5,12-14,18H,3,6-11,15-16H2,1-2H3,(H,30,35)/t18-/m0/s1. The number of rotatable bonds is 6. The van der Waals surface area contributed by atoms with Crippen LogP contribution in [-0.2, 0) is 4.74 Å². The molecule has 0 unspecified atom stereocenters. The van der Waals surface area contributed by atoms with Gasteiger partial charge in [0.15, 0.2) is 5.78 Å². The molecule has 1 atom stereocenters. The number of urea groups is 1. The SMILES string of the molecule is CCC(=O)c1cc(-c2cc(NC(=O)N3CC[C@@H](CC(F)(F)F)C3)ccc2C)cc(N2CCOCC2)n1. The molecule has 0 spiro atoms. The van der Waals surface area contributed by atoms with Crippen LogP contribution in [0, 0.1) is 12.8 Å². The molecule has 1 aromatic heterocycles. The first-order valence-corrected chi connectivity index (χ1v) is 12.2. The molecule has 1 N–H and O–H groups in total. The Hall–Kier alpha value is -3.14. The number of anilines is 2. The van der Waals surface area contributed by atoms with E-state index in [9.17, 15) is 22.8 Å². The van der Waals surface area contributed by atoms with Crippen LogP contribution in [0.25, 0.3) is 11.1 Å². The number of Topliss-reactive ketones (excluding diaryl/α,β-unsaturated/α-hetero) is 1. The number of aromatic nitrogens is 1. The molecular formula is C26H31F3N4O3. The van der Waals surface area contributed by atoms with Crippen molar-refractivity contribution in [1.82, 2.24) is 9.88 Å².